The molecular weight excluding hydrogens is 240 g/mol. The third kappa shape index (κ3) is 6.60. The molecule has 0 aromatic carbocycles. The van der Waals surface area contributed by atoms with Crippen LogP contribution in [-0.4, -0.2) is 24.4 Å². The molecule has 0 atom stereocenters. The molecule has 1 rings (SSSR count). The number of hydrogen-bond donors (Lipinski definition) is 2. The highest BCUT2D eigenvalue weighted by atomic mass is 16.2. The lowest BCUT2D eigenvalue weighted by Gasteiger charge is -2.22. The van der Waals surface area contributed by atoms with Crippen LogP contribution >= 0.6 is 0 Å². The predicted octanol–water partition coefficient (Wildman–Crippen LogP) is 2.38. The molecule has 0 aliphatic heterocycles. The van der Waals surface area contributed by atoms with Crippen molar-refractivity contribution in [2.24, 2.45) is 5.41 Å². The van der Waals surface area contributed by atoms with E-state index in [0.29, 0.717) is 6.04 Å². The van der Waals surface area contributed by atoms with E-state index in [1.807, 2.05) is 20.8 Å². The van der Waals surface area contributed by atoms with Crippen LogP contribution in [0, 0.1) is 5.41 Å². The van der Waals surface area contributed by atoms with E-state index in [9.17, 15) is 9.59 Å². The zero-order chi connectivity index (χ0) is 14.3. The summed E-state index contributed by atoms with van der Waals surface area (Å²) in [4.78, 5) is 23.5. The van der Waals surface area contributed by atoms with Crippen molar-refractivity contribution in [1.82, 2.24) is 10.6 Å². The van der Waals surface area contributed by atoms with Gasteiger partial charge in [0.15, 0.2) is 0 Å². The van der Waals surface area contributed by atoms with Gasteiger partial charge in [0.2, 0.25) is 11.8 Å². The molecule has 0 unspecified atom stereocenters. The molecule has 0 heterocycles. The van der Waals surface area contributed by atoms with E-state index in [0.717, 1.165) is 12.8 Å². The zero-order valence-electron chi connectivity index (χ0n) is 12.6. The van der Waals surface area contributed by atoms with Crippen LogP contribution in [0.25, 0.3) is 0 Å². The van der Waals surface area contributed by atoms with Crippen LogP contribution in [0.5, 0.6) is 0 Å². The lowest BCUT2D eigenvalue weighted by atomic mass is 9.95. The van der Waals surface area contributed by atoms with E-state index in [1.165, 1.54) is 32.1 Å². The molecule has 0 spiro atoms. The fourth-order valence-corrected chi connectivity index (χ4v) is 2.30. The number of hydrogen-bond acceptors (Lipinski definition) is 2. The minimum atomic E-state index is -0.444. The third-order valence-electron chi connectivity index (χ3n) is 3.56. The minimum absolute atomic E-state index is 0.0665. The molecule has 1 aliphatic carbocycles. The first-order chi connectivity index (χ1) is 8.89. The van der Waals surface area contributed by atoms with Crippen LogP contribution in [0.3, 0.4) is 0 Å². The Kier molecular flexibility index (Phi) is 6.32. The molecule has 1 saturated carbocycles. The smallest absolute Gasteiger partial charge is 0.239 e. The first-order valence-corrected chi connectivity index (χ1v) is 7.47. The van der Waals surface area contributed by atoms with Gasteiger partial charge in [0.25, 0.3) is 0 Å². The topological polar surface area (TPSA) is 58.2 Å². The zero-order valence-corrected chi connectivity index (χ0v) is 12.6. The highest BCUT2D eigenvalue weighted by molar-refractivity contribution is 5.87. The quantitative estimate of drug-likeness (QED) is 0.825. The summed E-state index contributed by atoms with van der Waals surface area (Å²) in [5.41, 5.74) is -0.444. The van der Waals surface area contributed by atoms with E-state index < -0.39 is 5.41 Å². The van der Waals surface area contributed by atoms with Crippen molar-refractivity contribution in [2.45, 2.75) is 71.8 Å². The number of rotatable bonds is 3. The van der Waals surface area contributed by atoms with Crippen LogP contribution in [0.1, 0.15) is 65.7 Å². The predicted molar refractivity (Wildman–Crippen MR) is 76.7 cm³/mol. The second-order valence-electron chi connectivity index (χ2n) is 6.54. The number of nitrogens with one attached hydrogen (secondary N) is 2. The molecule has 0 aromatic rings. The van der Waals surface area contributed by atoms with Gasteiger partial charge in [0, 0.05) is 11.5 Å². The Bertz CT molecular complexity index is 300. The van der Waals surface area contributed by atoms with Gasteiger partial charge in [0.1, 0.15) is 0 Å². The largest absolute Gasteiger partial charge is 0.352 e. The van der Waals surface area contributed by atoms with Crippen LogP contribution in [0.2, 0.25) is 0 Å². The SMILES string of the molecule is CC(C)(C)C(=O)NCC(=O)NC1CCCCCCC1. The Hall–Kier alpha value is -1.06. The van der Waals surface area contributed by atoms with E-state index >= 15 is 0 Å². The Morgan fingerprint density at radius 3 is 2.05 bits per heavy atom. The van der Waals surface area contributed by atoms with Gasteiger partial charge in [-0.1, -0.05) is 52.9 Å². The standard InChI is InChI=1S/C15H28N2O2/c1-15(2,3)14(19)16-11-13(18)17-12-9-7-5-4-6-8-10-12/h12H,4-11H2,1-3H3,(H,16,19)(H,17,18). The first-order valence-electron chi connectivity index (χ1n) is 7.47. The summed E-state index contributed by atoms with van der Waals surface area (Å²) < 4.78 is 0. The molecule has 1 aliphatic rings. The molecule has 0 radical (unpaired) electrons. The summed E-state index contributed by atoms with van der Waals surface area (Å²) in [7, 11) is 0. The highest BCUT2D eigenvalue weighted by Gasteiger charge is 2.22. The molecule has 0 saturated heterocycles. The lowest BCUT2D eigenvalue weighted by molar-refractivity contribution is -0.131. The van der Waals surface area contributed by atoms with Crippen molar-refractivity contribution >= 4 is 11.8 Å². The molecule has 110 valence electrons. The molecule has 2 amide bonds. The molecule has 19 heavy (non-hydrogen) atoms. The summed E-state index contributed by atoms with van der Waals surface area (Å²) in [6.45, 7) is 5.62. The monoisotopic (exact) mass is 268 g/mol. The molecule has 0 bridgehead atoms. The van der Waals surface area contributed by atoms with Crippen molar-refractivity contribution < 1.29 is 9.59 Å². The molecule has 0 aromatic heterocycles. The third-order valence-corrected chi connectivity index (χ3v) is 3.56. The second kappa shape index (κ2) is 7.51. The van der Waals surface area contributed by atoms with Gasteiger partial charge in [-0.2, -0.15) is 0 Å². The Morgan fingerprint density at radius 2 is 1.53 bits per heavy atom. The van der Waals surface area contributed by atoms with Gasteiger partial charge in [-0.3, -0.25) is 9.59 Å². The van der Waals surface area contributed by atoms with Crippen molar-refractivity contribution in [2.75, 3.05) is 6.54 Å². The van der Waals surface area contributed by atoms with Crippen LogP contribution < -0.4 is 10.6 Å². The lowest BCUT2D eigenvalue weighted by Crippen LogP contribution is -2.44. The average molecular weight is 268 g/mol. The number of carbonyl (C=O) groups is 2. The summed E-state index contributed by atoms with van der Waals surface area (Å²) >= 11 is 0. The van der Waals surface area contributed by atoms with Gasteiger partial charge in [-0.15, -0.1) is 0 Å². The number of carbonyl (C=O) groups excluding carboxylic acids is 2. The first kappa shape index (κ1) is 16.0. The van der Waals surface area contributed by atoms with Crippen molar-refractivity contribution in [1.29, 1.82) is 0 Å². The second-order valence-corrected chi connectivity index (χ2v) is 6.54. The van der Waals surface area contributed by atoms with Crippen LogP contribution in [-0.2, 0) is 9.59 Å². The maximum absolute atomic E-state index is 11.8. The minimum Gasteiger partial charge on any atom is -0.352 e. The van der Waals surface area contributed by atoms with Gasteiger partial charge >= 0.3 is 0 Å². The molecule has 2 N–H and O–H groups in total. The summed E-state index contributed by atoms with van der Waals surface area (Å²) in [6, 6.07) is 0.291. The summed E-state index contributed by atoms with van der Waals surface area (Å²) in [5, 5.41) is 5.73. The summed E-state index contributed by atoms with van der Waals surface area (Å²) in [6.07, 6.45) is 8.39. The summed E-state index contributed by atoms with van der Waals surface area (Å²) in [5.74, 6) is -0.150. The van der Waals surface area contributed by atoms with E-state index in [1.54, 1.807) is 0 Å². The van der Waals surface area contributed by atoms with Crippen LogP contribution in [0.15, 0.2) is 0 Å². The maximum atomic E-state index is 11.8. The van der Waals surface area contributed by atoms with E-state index in [2.05, 4.69) is 10.6 Å². The number of amides is 2. The normalized spacial score (nSPS) is 18.3. The van der Waals surface area contributed by atoms with Gasteiger partial charge in [0.05, 0.1) is 6.54 Å². The Labute approximate surface area is 116 Å². The Morgan fingerprint density at radius 1 is 1.00 bits per heavy atom. The van der Waals surface area contributed by atoms with Crippen LogP contribution in [0.4, 0.5) is 0 Å². The van der Waals surface area contributed by atoms with Crippen molar-refractivity contribution in [3.63, 3.8) is 0 Å². The highest BCUT2D eigenvalue weighted by Crippen LogP contribution is 2.17. The van der Waals surface area contributed by atoms with E-state index in [-0.39, 0.29) is 18.4 Å². The van der Waals surface area contributed by atoms with Gasteiger partial charge in [-0.05, 0) is 12.8 Å². The maximum Gasteiger partial charge on any atom is 0.239 e. The molecule has 4 heteroatoms. The Balaban J connectivity index is 2.27. The molecule has 4 nitrogen and oxygen atoms in total. The molecular formula is C15H28N2O2. The molecule has 1 fully saturated rings. The average Bonchev–Trinajstić information content (AvgIpc) is 2.28. The van der Waals surface area contributed by atoms with E-state index in [4.69, 9.17) is 0 Å². The fraction of sp³-hybridized carbons (Fsp3) is 0.867. The van der Waals surface area contributed by atoms with Crippen molar-refractivity contribution in [3.05, 3.63) is 0 Å². The van der Waals surface area contributed by atoms with Crippen molar-refractivity contribution in [3.8, 4) is 0 Å². The van der Waals surface area contributed by atoms with Gasteiger partial charge < -0.3 is 10.6 Å². The van der Waals surface area contributed by atoms with Gasteiger partial charge in [-0.25, -0.2) is 0 Å². The fourth-order valence-electron chi connectivity index (χ4n) is 2.30.